The van der Waals surface area contributed by atoms with Gasteiger partial charge < -0.3 is 11.1 Å². The predicted octanol–water partition coefficient (Wildman–Crippen LogP) is 2.99. The number of anilines is 1. The summed E-state index contributed by atoms with van der Waals surface area (Å²) in [6, 6.07) is 5.13. The summed E-state index contributed by atoms with van der Waals surface area (Å²) in [7, 11) is 0. The van der Waals surface area contributed by atoms with Gasteiger partial charge in [0.25, 0.3) is 11.8 Å². The first kappa shape index (κ1) is 17.5. The normalized spacial score (nSPS) is 13.0. The number of thiophene rings is 1. The first-order chi connectivity index (χ1) is 12.0. The fraction of sp³-hybridized carbons (Fsp3) is 0.235. The molecular weight excluding hydrogens is 361 g/mol. The van der Waals surface area contributed by atoms with Crippen LogP contribution in [0.3, 0.4) is 0 Å². The van der Waals surface area contributed by atoms with E-state index in [1.165, 1.54) is 35.6 Å². The molecule has 0 saturated carbocycles. The molecule has 25 heavy (non-hydrogen) atoms. The van der Waals surface area contributed by atoms with Crippen molar-refractivity contribution in [3.05, 3.63) is 51.7 Å². The van der Waals surface area contributed by atoms with Crippen LogP contribution in [0.4, 0.5) is 9.39 Å². The highest BCUT2D eigenvalue weighted by Gasteiger charge is 2.24. The number of primary amides is 1. The number of thiocarbonyl (C=S) groups is 1. The summed E-state index contributed by atoms with van der Waals surface area (Å²) in [4.78, 5) is 25.1. The minimum Gasteiger partial charge on any atom is -0.365 e. The highest BCUT2D eigenvalue weighted by molar-refractivity contribution is 7.80. The third kappa shape index (κ3) is 3.85. The van der Waals surface area contributed by atoms with Crippen LogP contribution in [0.2, 0.25) is 0 Å². The SMILES string of the molecule is NC(=O)c1c(NC(=S)NC(=O)c2ccc(F)cc2)sc2c1CCCC2. The predicted molar refractivity (Wildman–Crippen MR) is 99.6 cm³/mol. The Kier molecular flexibility index (Phi) is 5.10. The molecule has 4 N–H and O–H groups in total. The molecule has 1 aliphatic carbocycles. The number of hydrogen-bond donors (Lipinski definition) is 3. The highest BCUT2D eigenvalue weighted by atomic mass is 32.1. The standard InChI is InChI=1S/C17H16FN3O2S2/c18-10-7-5-9(6-8-10)15(23)20-17(24)21-16-13(14(19)22)11-3-1-2-4-12(11)25-16/h5-8H,1-4H2,(H2,19,22)(H2,20,21,23,24). The Morgan fingerprint density at radius 3 is 2.52 bits per heavy atom. The maximum absolute atomic E-state index is 12.9. The van der Waals surface area contributed by atoms with Crippen molar-refractivity contribution in [1.29, 1.82) is 0 Å². The Morgan fingerprint density at radius 2 is 1.84 bits per heavy atom. The van der Waals surface area contributed by atoms with E-state index in [0.29, 0.717) is 10.6 Å². The van der Waals surface area contributed by atoms with Crippen LogP contribution in [0.25, 0.3) is 0 Å². The topological polar surface area (TPSA) is 84.2 Å². The fourth-order valence-corrected chi connectivity index (χ4v) is 4.38. The Labute approximate surface area is 153 Å². The Hall–Kier alpha value is -2.32. The van der Waals surface area contributed by atoms with Gasteiger partial charge in [-0.1, -0.05) is 0 Å². The Bertz CT molecular complexity index is 846. The van der Waals surface area contributed by atoms with Crippen LogP contribution < -0.4 is 16.4 Å². The van der Waals surface area contributed by atoms with Gasteiger partial charge in [0.05, 0.1) is 5.56 Å². The van der Waals surface area contributed by atoms with E-state index in [4.69, 9.17) is 18.0 Å². The minimum absolute atomic E-state index is 0.0652. The van der Waals surface area contributed by atoms with E-state index in [9.17, 15) is 14.0 Å². The number of carbonyl (C=O) groups is 2. The van der Waals surface area contributed by atoms with Gasteiger partial charge >= 0.3 is 0 Å². The molecule has 5 nitrogen and oxygen atoms in total. The molecule has 3 rings (SSSR count). The smallest absolute Gasteiger partial charge is 0.257 e. The molecule has 0 aliphatic heterocycles. The largest absolute Gasteiger partial charge is 0.365 e. The molecule has 1 aliphatic rings. The molecule has 0 spiro atoms. The van der Waals surface area contributed by atoms with Gasteiger partial charge in [0.2, 0.25) is 0 Å². The molecule has 1 heterocycles. The van der Waals surface area contributed by atoms with E-state index in [2.05, 4.69) is 10.6 Å². The summed E-state index contributed by atoms with van der Waals surface area (Å²) in [6.07, 6.45) is 3.84. The lowest BCUT2D eigenvalue weighted by atomic mass is 9.95. The number of benzene rings is 1. The molecule has 2 aromatic rings. The molecular formula is C17H16FN3O2S2. The number of rotatable bonds is 3. The highest BCUT2D eigenvalue weighted by Crippen LogP contribution is 2.37. The third-order valence-corrected chi connectivity index (χ3v) is 5.39. The Morgan fingerprint density at radius 1 is 1.16 bits per heavy atom. The van der Waals surface area contributed by atoms with E-state index in [1.807, 2.05) is 0 Å². The van der Waals surface area contributed by atoms with E-state index in [1.54, 1.807) is 0 Å². The van der Waals surface area contributed by atoms with Crippen LogP contribution in [-0.2, 0) is 12.8 Å². The van der Waals surface area contributed by atoms with Gasteiger partial charge in [-0.3, -0.25) is 14.9 Å². The zero-order valence-electron chi connectivity index (χ0n) is 13.2. The van der Waals surface area contributed by atoms with Crippen molar-refractivity contribution < 1.29 is 14.0 Å². The van der Waals surface area contributed by atoms with Crippen LogP contribution in [0.5, 0.6) is 0 Å². The van der Waals surface area contributed by atoms with Crippen molar-refractivity contribution in [3.63, 3.8) is 0 Å². The summed E-state index contributed by atoms with van der Waals surface area (Å²) in [5.41, 5.74) is 7.25. The molecule has 0 unspecified atom stereocenters. The zero-order chi connectivity index (χ0) is 18.0. The first-order valence-electron chi connectivity index (χ1n) is 7.78. The second kappa shape index (κ2) is 7.28. The zero-order valence-corrected chi connectivity index (χ0v) is 14.9. The lowest BCUT2D eigenvalue weighted by Gasteiger charge is -2.11. The van der Waals surface area contributed by atoms with Crippen molar-refractivity contribution in [2.24, 2.45) is 5.73 Å². The van der Waals surface area contributed by atoms with Crippen molar-refractivity contribution in [3.8, 4) is 0 Å². The maximum atomic E-state index is 12.9. The molecule has 0 radical (unpaired) electrons. The number of carbonyl (C=O) groups excluding carboxylic acids is 2. The van der Waals surface area contributed by atoms with Crippen LogP contribution in [0.1, 0.15) is 44.0 Å². The quantitative estimate of drug-likeness (QED) is 0.718. The van der Waals surface area contributed by atoms with Gasteiger partial charge in [-0.25, -0.2) is 4.39 Å². The number of amides is 2. The van der Waals surface area contributed by atoms with Gasteiger partial charge in [-0.15, -0.1) is 11.3 Å². The monoisotopic (exact) mass is 377 g/mol. The number of nitrogens with two attached hydrogens (primary N) is 1. The second-order valence-electron chi connectivity index (χ2n) is 5.69. The van der Waals surface area contributed by atoms with Crippen LogP contribution in [0, 0.1) is 5.82 Å². The minimum atomic E-state index is -0.505. The number of halogens is 1. The third-order valence-electron chi connectivity index (χ3n) is 3.98. The molecule has 0 atom stereocenters. The number of hydrogen-bond acceptors (Lipinski definition) is 4. The van der Waals surface area contributed by atoms with Crippen molar-refractivity contribution >= 4 is 45.5 Å². The van der Waals surface area contributed by atoms with Crippen molar-refractivity contribution in [1.82, 2.24) is 5.32 Å². The summed E-state index contributed by atoms with van der Waals surface area (Å²) < 4.78 is 12.9. The maximum Gasteiger partial charge on any atom is 0.257 e. The van der Waals surface area contributed by atoms with Crippen LogP contribution in [0.15, 0.2) is 24.3 Å². The molecule has 130 valence electrons. The van der Waals surface area contributed by atoms with Crippen LogP contribution >= 0.6 is 23.6 Å². The van der Waals surface area contributed by atoms with Gasteiger partial charge in [0, 0.05) is 10.4 Å². The average molecular weight is 377 g/mol. The number of fused-ring (bicyclic) bond motifs is 1. The molecule has 1 aromatic carbocycles. The molecule has 1 aromatic heterocycles. The summed E-state index contributed by atoms with van der Waals surface area (Å²) >= 11 is 6.61. The van der Waals surface area contributed by atoms with E-state index >= 15 is 0 Å². The summed E-state index contributed by atoms with van der Waals surface area (Å²) in [6.45, 7) is 0. The van der Waals surface area contributed by atoms with Gasteiger partial charge in [-0.2, -0.15) is 0 Å². The Balaban J connectivity index is 1.75. The molecule has 2 amide bonds. The molecule has 0 fully saturated rings. The lowest BCUT2D eigenvalue weighted by molar-refractivity contribution is 0.0975. The van der Waals surface area contributed by atoms with Gasteiger partial charge in [-0.05, 0) is 67.7 Å². The second-order valence-corrected chi connectivity index (χ2v) is 7.21. The van der Waals surface area contributed by atoms with E-state index < -0.39 is 17.6 Å². The van der Waals surface area contributed by atoms with E-state index in [-0.39, 0.29) is 10.7 Å². The van der Waals surface area contributed by atoms with Gasteiger partial charge in [0.1, 0.15) is 10.8 Å². The first-order valence-corrected chi connectivity index (χ1v) is 9.00. The number of aryl methyl sites for hydroxylation is 1. The van der Waals surface area contributed by atoms with Gasteiger partial charge in [0.15, 0.2) is 5.11 Å². The molecule has 0 saturated heterocycles. The lowest BCUT2D eigenvalue weighted by Crippen LogP contribution is -2.34. The number of nitrogens with one attached hydrogen (secondary N) is 2. The molecule has 8 heteroatoms. The average Bonchev–Trinajstić information content (AvgIpc) is 2.92. The summed E-state index contributed by atoms with van der Waals surface area (Å²) in [5.74, 6) is -1.39. The van der Waals surface area contributed by atoms with E-state index in [0.717, 1.165) is 36.1 Å². The van der Waals surface area contributed by atoms with Crippen LogP contribution in [-0.4, -0.2) is 16.9 Å². The summed E-state index contributed by atoms with van der Waals surface area (Å²) in [5, 5.41) is 6.05. The van der Waals surface area contributed by atoms with Crippen molar-refractivity contribution in [2.45, 2.75) is 25.7 Å². The molecule has 0 bridgehead atoms. The van der Waals surface area contributed by atoms with Crippen molar-refractivity contribution in [2.75, 3.05) is 5.32 Å². The fourth-order valence-electron chi connectivity index (χ4n) is 2.83.